The fraction of sp³-hybridized carbons (Fsp3) is 0.538. The van der Waals surface area contributed by atoms with Gasteiger partial charge in [0.1, 0.15) is 11.9 Å². The van der Waals surface area contributed by atoms with Crippen LogP contribution in [0.4, 0.5) is 0 Å². The van der Waals surface area contributed by atoms with Crippen LogP contribution in [0.15, 0.2) is 34.5 Å². The number of furan rings is 1. The smallest absolute Gasteiger partial charge is 0.132 e. The van der Waals surface area contributed by atoms with Crippen molar-refractivity contribution in [2.75, 3.05) is 0 Å². The number of aliphatic hydroxyl groups excluding tert-OH is 1. The molecule has 0 aliphatic heterocycles. The molecule has 82 valence electrons. The molecule has 0 aromatic carbocycles. The first kappa shape index (κ1) is 10.5. The highest BCUT2D eigenvalue weighted by Crippen LogP contribution is 2.36. The van der Waals surface area contributed by atoms with Gasteiger partial charge in [-0.1, -0.05) is 18.6 Å². The van der Waals surface area contributed by atoms with Gasteiger partial charge in [-0.25, -0.2) is 0 Å². The van der Waals surface area contributed by atoms with Crippen molar-refractivity contribution in [1.29, 1.82) is 0 Å². The lowest BCUT2D eigenvalue weighted by Crippen LogP contribution is -2.18. The molecule has 2 nitrogen and oxygen atoms in total. The highest BCUT2D eigenvalue weighted by Gasteiger charge is 2.27. The number of hydrogen-bond acceptors (Lipinski definition) is 2. The first-order valence-corrected chi connectivity index (χ1v) is 5.55. The van der Waals surface area contributed by atoms with Crippen LogP contribution in [0.2, 0.25) is 0 Å². The summed E-state index contributed by atoms with van der Waals surface area (Å²) >= 11 is 0. The van der Waals surface area contributed by atoms with Gasteiger partial charge in [-0.15, -0.1) is 0 Å². The van der Waals surface area contributed by atoms with Crippen molar-refractivity contribution in [3.63, 3.8) is 0 Å². The lowest BCUT2D eigenvalue weighted by atomic mass is 9.80. The van der Waals surface area contributed by atoms with E-state index in [1.54, 1.807) is 6.26 Å². The van der Waals surface area contributed by atoms with Gasteiger partial charge in [-0.2, -0.15) is 0 Å². The maximum Gasteiger partial charge on any atom is 0.132 e. The Bertz CT molecular complexity index is 337. The predicted octanol–water partition coefficient (Wildman–Crippen LogP) is 3.31. The predicted molar refractivity (Wildman–Crippen MR) is 59.3 cm³/mol. The van der Waals surface area contributed by atoms with Gasteiger partial charge >= 0.3 is 0 Å². The van der Waals surface area contributed by atoms with E-state index >= 15 is 0 Å². The largest absolute Gasteiger partial charge is 0.467 e. The van der Waals surface area contributed by atoms with Gasteiger partial charge < -0.3 is 9.52 Å². The molecule has 0 saturated carbocycles. The monoisotopic (exact) mass is 206 g/mol. The average Bonchev–Trinajstić information content (AvgIpc) is 2.67. The first-order chi connectivity index (χ1) is 7.16. The molecular weight excluding hydrogens is 188 g/mol. The lowest BCUT2D eigenvalue weighted by Gasteiger charge is -2.28. The van der Waals surface area contributed by atoms with Crippen LogP contribution in [0.1, 0.15) is 38.6 Å². The van der Waals surface area contributed by atoms with Crippen LogP contribution in [-0.2, 0) is 0 Å². The van der Waals surface area contributed by atoms with Gasteiger partial charge in [-0.3, -0.25) is 0 Å². The fourth-order valence-corrected chi connectivity index (χ4v) is 2.53. The van der Waals surface area contributed by atoms with Gasteiger partial charge in [0.2, 0.25) is 0 Å². The summed E-state index contributed by atoms with van der Waals surface area (Å²) in [4.78, 5) is 0. The molecule has 3 unspecified atom stereocenters. The Morgan fingerprint density at radius 2 is 2.33 bits per heavy atom. The molecule has 2 heteroatoms. The van der Waals surface area contributed by atoms with Crippen LogP contribution in [-0.4, -0.2) is 5.11 Å². The van der Waals surface area contributed by atoms with Crippen LogP contribution in [0, 0.1) is 11.8 Å². The number of rotatable bonds is 2. The Hall–Kier alpha value is -1.02. The maximum atomic E-state index is 10.1. The summed E-state index contributed by atoms with van der Waals surface area (Å²) in [6.45, 7) is 4.34. The summed E-state index contributed by atoms with van der Waals surface area (Å²) in [6, 6.07) is 3.68. The summed E-state index contributed by atoms with van der Waals surface area (Å²) in [7, 11) is 0. The molecule has 0 saturated heterocycles. The summed E-state index contributed by atoms with van der Waals surface area (Å²) in [6.07, 6.45) is 5.48. The van der Waals surface area contributed by atoms with Crippen molar-refractivity contribution in [1.82, 2.24) is 0 Å². The minimum atomic E-state index is -0.453. The summed E-state index contributed by atoms with van der Waals surface area (Å²) in [5.74, 6) is 1.56. The fourth-order valence-electron chi connectivity index (χ4n) is 2.53. The van der Waals surface area contributed by atoms with Crippen LogP contribution < -0.4 is 0 Å². The third-order valence-corrected chi connectivity index (χ3v) is 3.11. The molecular formula is C13H18O2. The van der Waals surface area contributed by atoms with E-state index in [9.17, 15) is 5.11 Å². The van der Waals surface area contributed by atoms with E-state index < -0.39 is 6.10 Å². The second-order valence-electron chi connectivity index (χ2n) is 4.65. The van der Waals surface area contributed by atoms with Crippen molar-refractivity contribution in [2.45, 2.75) is 32.8 Å². The van der Waals surface area contributed by atoms with E-state index in [-0.39, 0.29) is 0 Å². The molecule has 0 spiro atoms. The van der Waals surface area contributed by atoms with E-state index in [1.165, 1.54) is 5.57 Å². The molecule has 0 fully saturated rings. The molecule has 3 atom stereocenters. The van der Waals surface area contributed by atoms with Gasteiger partial charge in [-0.05, 0) is 43.7 Å². The second-order valence-corrected chi connectivity index (χ2v) is 4.65. The highest BCUT2D eigenvalue weighted by atomic mass is 16.4. The van der Waals surface area contributed by atoms with Crippen molar-refractivity contribution in [2.24, 2.45) is 11.8 Å². The SMILES string of the molecule is CC1=CC(C)CC(C(O)c2ccco2)C1. The van der Waals surface area contributed by atoms with Crippen LogP contribution in [0.25, 0.3) is 0 Å². The normalized spacial score (nSPS) is 28.6. The molecule has 2 rings (SSSR count). The van der Waals surface area contributed by atoms with Crippen molar-refractivity contribution >= 4 is 0 Å². The zero-order valence-electron chi connectivity index (χ0n) is 9.31. The van der Waals surface area contributed by atoms with Crippen LogP contribution in [0.5, 0.6) is 0 Å². The van der Waals surface area contributed by atoms with Crippen LogP contribution in [0.3, 0.4) is 0 Å². The summed E-state index contributed by atoms with van der Waals surface area (Å²) < 4.78 is 5.25. The molecule has 0 bridgehead atoms. The minimum Gasteiger partial charge on any atom is -0.467 e. The molecule has 1 aliphatic rings. The Balaban J connectivity index is 2.09. The van der Waals surface area contributed by atoms with Gasteiger partial charge in [0.15, 0.2) is 0 Å². The Morgan fingerprint density at radius 1 is 1.53 bits per heavy atom. The zero-order valence-corrected chi connectivity index (χ0v) is 9.31. The van der Waals surface area contributed by atoms with Gasteiger partial charge in [0.25, 0.3) is 0 Å². The Kier molecular flexibility index (Phi) is 2.96. The Labute approximate surface area is 90.6 Å². The van der Waals surface area contributed by atoms with E-state index in [0.717, 1.165) is 12.8 Å². The second kappa shape index (κ2) is 4.23. The molecule has 1 aromatic rings. The standard InChI is InChI=1S/C13H18O2/c1-9-6-10(2)8-11(7-9)13(14)12-4-3-5-15-12/h3-6,9,11,13-14H,7-8H2,1-2H3. The van der Waals surface area contributed by atoms with Crippen LogP contribution >= 0.6 is 0 Å². The molecule has 0 amide bonds. The molecule has 0 radical (unpaired) electrons. The number of hydrogen-bond donors (Lipinski definition) is 1. The van der Waals surface area contributed by atoms with Crippen molar-refractivity contribution < 1.29 is 9.52 Å². The number of allylic oxidation sites excluding steroid dienone is 2. The third kappa shape index (κ3) is 2.32. The van der Waals surface area contributed by atoms with E-state index in [0.29, 0.717) is 17.6 Å². The Morgan fingerprint density at radius 3 is 2.93 bits per heavy atom. The van der Waals surface area contributed by atoms with E-state index in [2.05, 4.69) is 19.9 Å². The zero-order chi connectivity index (χ0) is 10.8. The molecule has 1 heterocycles. The topological polar surface area (TPSA) is 33.4 Å². The average molecular weight is 206 g/mol. The maximum absolute atomic E-state index is 10.1. The summed E-state index contributed by atoms with van der Waals surface area (Å²) in [5, 5.41) is 10.1. The lowest BCUT2D eigenvalue weighted by molar-refractivity contribution is 0.0728. The van der Waals surface area contributed by atoms with Crippen molar-refractivity contribution in [3.8, 4) is 0 Å². The van der Waals surface area contributed by atoms with Gasteiger partial charge in [0.05, 0.1) is 6.26 Å². The van der Waals surface area contributed by atoms with E-state index in [4.69, 9.17) is 4.42 Å². The van der Waals surface area contributed by atoms with E-state index in [1.807, 2.05) is 12.1 Å². The highest BCUT2D eigenvalue weighted by molar-refractivity contribution is 5.11. The van der Waals surface area contributed by atoms with Gasteiger partial charge in [0, 0.05) is 0 Å². The third-order valence-electron chi connectivity index (χ3n) is 3.11. The first-order valence-electron chi connectivity index (χ1n) is 5.55. The van der Waals surface area contributed by atoms with Crippen molar-refractivity contribution in [3.05, 3.63) is 35.8 Å². The number of aliphatic hydroxyl groups is 1. The molecule has 1 N–H and O–H groups in total. The molecule has 15 heavy (non-hydrogen) atoms. The minimum absolute atomic E-state index is 0.302. The molecule has 1 aliphatic carbocycles. The molecule has 1 aromatic heterocycles. The summed E-state index contributed by atoms with van der Waals surface area (Å²) in [5.41, 5.74) is 1.38. The quantitative estimate of drug-likeness (QED) is 0.753.